The third-order valence-electron chi connectivity index (χ3n) is 2.56. The Bertz CT molecular complexity index is 308. The van der Waals surface area contributed by atoms with Crippen LogP contribution >= 0.6 is 23.2 Å². The second-order valence-corrected chi connectivity index (χ2v) is 4.46. The van der Waals surface area contributed by atoms with Gasteiger partial charge in [-0.15, -0.1) is 0 Å². The van der Waals surface area contributed by atoms with Crippen LogP contribution in [-0.2, 0) is 6.54 Å². The lowest BCUT2D eigenvalue weighted by atomic mass is 10.1. The Morgan fingerprint density at radius 1 is 1.13 bits per heavy atom. The molecule has 15 heavy (non-hydrogen) atoms. The van der Waals surface area contributed by atoms with Crippen LogP contribution in [0.15, 0.2) is 18.2 Å². The van der Waals surface area contributed by atoms with Crippen molar-refractivity contribution in [2.45, 2.75) is 39.3 Å². The van der Waals surface area contributed by atoms with E-state index in [-0.39, 0.29) is 0 Å². The summed E-state index contributed by atoms with van der Waals surface area (Å²) in [4.78, 5) is 0. The highest BCUT2D eigenvalue weighted by atomic mass is 35.5. The van der Waals surface area contributed by atoms with Crippen molar-refractivity contribution in [3.63, 3.8) is 0 Å². The van der Waals surface area contributed by atoms with Gasteiger partial charge in [0.1, 0.15) is 0 Å². The zero-order valence-corrected chi connectivity index (χ0v) is 10.7. The summed E-state index contributed by atoms with van der Waals surface area (Å²) in [5.74, 6) is 0. The van der Waals surface area contributed by atoms with Crippen molar-refractivity contribution in [3.8, 4) is 0 Å². The van der Waals surface area contributed by atoms with Gasteiger partial charge in [-0.1, -0.05) is 43.1 Å². The second kappa shape index (κ2) is 6.37. The molecule has 0 aliphatic heterocycles. The molecule has 0 aliphatic rings. The number of hydrogen-bond acceptors (Lipinski definition) is 1. The zero-order valence-electron chi connectivity index (χ0n) is 9.19. The first-order chi connectivity index (χ1) is 7.17. The van der Waals surface area contributed by atoms with E-state index in [2.05, 4.69) is 19.2 Å². The van der Waals surface area contributed by atoms with E-state index in [1.54, 1.807) is 0 Å². The monoisotopic (exact) mass is 245 g/mol. The van der Waals surface area contributed by atoms with Gasteiger partial charge in [0.05, 0.1) is 10.0 Å². The molecular formula is C12H17Cl2N. The first kappa shape index (κ1) is 12.8. The maximum atomic E-state index is 5.94. The summed E-state index contributed by atoms with van der Waals surface area (Å²) < 4.78 is 0. The molecule has 0 radical (unpaired) electrons. The van der Waals surface area contributed by atoms with Crippen LogP contribution in [0, 0.1) is 0 Å². The number of hydrogen-bond donors (Lipinski definition) is 1. The van der Waals surface area contributed by atoms with Gasteiger partial charge < -0.3 is 5.32 Å². The molecule has 0 heterocycles. The van der Waals surface area contributed by atoms with Crippen LogP contribution in [0.25, 0.3) is 0 Å². The lowest BCUT2D eigenvalue weighted by Crippen LogP contribution is -2.26. The van der Waals surface area contributed by atoms with Gasteiger partial charge in [0.15, 0.2) is 0 Å². The number of benzene rings is 1. The van der Waals surface area contributed by atoms with Crippen LogP contribution < -0.4 is 5.32 Å². The maximum absolute atomic E-state index is 5.94. The van der Waals surface area contributed by atoms with Crippen molar-refractivity contribution < 1.29 is 0 Å². The Balaban J connectivity index is 2.54. The van der Waals surface area contributed by atoms with Gasteiger partial charge in [-0.25, -0.2) is 0 Å². The Morgan fingerprint density at radius 3 is 2.33 bits per heavy atom. The Labute approximate surface area is 102 Å². The van der Waals surface area contributed by atoms with E-state index in [1.807, 2.05) is 18.2 Å². The topological polar surface area (TPSA) is 12.0 Å². The van der Waals surface area contributed by atoms with Crippen molar-refractivity contribution >= 4 is 23.2 Å². The molecule has 0 aromatic heterocycles. The Morgan fingerprint density at radius 2 is 1.80 bits per heavy atom. The second-order valence-electron chi connectivity index (χ2n) is 3.64. The lowest BCUT2D eigenvalue weighted by Gasteiger charge is -2.14. The first-order valence-corrected chi connectivity index (χ1v) is 6.10. The SMILES string of the molecule is CCC(CC)NCc1ccc(Cl)c(Cl)c1. The fraction of sp³-hybridized carbons (Fsp3) is 0.500. The summed E-state index contributed by atoms with van der Waals surface area (Å²) in [6, 6.07) is 6.34. The molecule has 1 aromatic carbocycles. The highest BCUT2D eigenvalue weighted by molar-refractivity contribution is 6.42. The third kappa shape index (κ3) is 4.02. The zero-order chi connectivity index (χ0) is 11.3. The molecule has 0 saturated heterocycles. The summed E-state index contributed by atoms with van der Waals surface area (Å²) in [7, 11) is 0. The molecule has 1 nitrogen and oxygen atoms in total. The van der Waals surface area contributed by atoms with Gasteiger partial charge in [0, 0.05) is 12.6 Å². The Hall–Kier alpha value is -0.240. The predicted molar refractivity (Wildman–Crippen MR) is 67.7 cm³/mol. The minimum Gasteiger partial charge on any atom is -0.310 e. The van der Waals surface area contributed by atoms with Gasteiger partial charge >= 0.3 is 0 Å². The molecular weight excluding hydrogens is 229 g/mol. The lowest BCUT2D eigenvalue weighted by molar-refractivity contribution is 0.484. The molecule has 0 spiro atoms. The molecule has 84 valence electrons. The summed E-state index contributed by atoms with van der Waals surface area (Å²) in [6.07, 6.45) is 2.30. The molecule has 0 unspecified atom stereocenters. The summed E-state index contributed by atoms with van der Waals surface area (Å²) in [6.45, 7) is 5.23. The fourth-order valence-electron chi connectivity index (χ4n) is 1.49. The van der Waals surface area contributed by atoms with Crippen molar-refractivity contribution in [1.82, 2.24) is 5.32 Å². The summed E-state index contributed by atoms with van der Waals surface area (Å²) >= 11 is 11.8. The van der Waals surface area contributed by atoms with Crippen molar-refractivity contribution in [3.05, 3.63) is 33.8 Å². The minimum absolute atomic E-state index is 0.583. The van der Waals surface area contributed by atoms with E-state index in [0.717, 1.165) is 19.4 Å². The van der Waals surface area contributed by atoms with E-state index in [0.29, 0.717) is 16.1 Å². The molecule has 0 amide bonds. The average Bonchev–Trinajstić information content (AvgIpc) is 2.24. The number of nitrogens with one attached hydrogen (secondary N) is 1. The molecule has 0 fully saturated rings. The van der Waals surface area contributed by atoms with Gasteiger partial charge in [0.2, 0.25) is 0 Å². The highest BCUT2D eigenvalue weighted by Crippen LogP contribution is 2.22. The standard InChI is InChI=1S/C12H17Cl2N/c1-3-10(4-2)15-8-9-5-6-11(13)12(14)7-9/h5-7,10,15H,3-4,8H2,1-2H3. The van der Waals surface area contributed by atoms with Gasteiger partial charge in [-0.05, 0) is 30.5 Å². The fourth-order valence-corrected chi connectivity index (χ4v) is 1.81. The molecule has 1 N–H and O–H groups in total. The van der Waals surface area contributed by atoms with Crippen molar-refractivity contribution in [2.75, 3.05) is 0 Å². The molecule has 3 heteroatoms. The highest BCUT2D eigenvalue weighted by Gasteiger charge is 2.03. The molecule has 0 aliphatic carbocycles. The molecule has 0 bridgehead atoms. The van der Waals surface area contributed by atoms with Crippen LogP contribution in [0.5, 0.6) is 0 Å². The smallest absolute Gasteiger partial charge is 0.0595 e. The number of rotatable bonds is 5. The molecule has 0 saturated carbocycles. The third-order valence-corrected chi connectivity index (χ3v) is 3.30. The number of halogens is 2. The van der Waals surface area contributed by atoms with Gasteiger partial charge in [-0.2, -0.15) is 0 Å². The van der Waals surface area contributed by atoms with Crippen LogP contribution in [0.3, 0.4) is 0 Å². The van der Waals surface area contributed by atoms with Crippen molar-refractivity contribution in [1.29, 1.82) is 0 Å². The van der Waals surface area contributed by atoms with Crippen LogP contribution in [0.1, 0.15) is 32.3 Å². The predicted octanol–water partition coefficient (Wildman–Crippen LogP) is 4.27. The van der Waals surface area contributed by atoms with E-state index >= 15 is 0 Å². The largest absolute Gasteiger partial charge is 0.310 e. The first-order valence-electron chi connectivity index (χ1n) is 5.34. The Kier molecular flexibility index (Phi) is 5.44. The van der Waals surface area contributed by atoms with Gasteiger partial charge in [-0.3, -0.25) is 0 Å². The minimum atomic E-state index is 0.583. The molecule has 1 aromatic rings. The van der Waals surface area contributed by atoms with Crippen LogP contribution in [0.2, 0.25) is 10.0 Å². The quantitative estimate of drug-likeness (QED) is 0.817. The van der Waals surface area contributed by atoms with Gasteiger partial charge in [0.25, 0.3) is 0 Å². The van der Waals surface area contributed by atoms with E-state index in [1.165, 1.54) is 5.56 Å². The van der Waals surface area contributed by atoms with Crippen molar-refractivity contribution in [2.24, 2.45) is 0 Å². The normalized spacial score (nSPS) is 11.0. The summed E-state index contributed by atoms with van der Waals surface area (Å²) in [5, 5.41) is 4.72. The van der Waals surface area contributed by atoms with E-state index in [9.17, 15) is 0 Å². The van der Waals surface area contributed by atoms with E-state index in [4.69, 9.17) is 23.2 Å². The maximum Gasteiger partial charge on any atom is 0.0595 e. The van der Waals surface area contributed by atoms with E-state index < -0.39 is 0 Å². The van der Waals surface area contributed by atoms with Crippen LogP contribution in [-0.4, -0.2) is 6.04 Å². The van der Waals surface area contributed by atoms with Crippen LogP contribution in [0.4, 0.5) is 0 Å². The molecule has 1 rings (SSSR count). The summed E-state index contributed by atoms with van der Waals surface area (Å²) in [5.41, 5.74) is 1.18. The average molecular weight is 246 g/mol. The molecule has 0 atom stereocenters.